The van der Waals surface area contributed by atoms with Gasteiger partial charge in [-0.1, -0.05) is 44.9 Å². The van der Waals surface area contributed by atoms with Crippen LogP contribution in [0, 0.1) is 29.6 Å². The number of esters is 2. The van der Waals surface area contributed by atoms with E-state index < -0.39 is 5.41 Å². The number of hydrogen-bond acceptors (Lipinski definition) is 7. The molecule has 53 heavy (non-hydrogen) atoms. The first-order chi connectivity index (χ1) is 25.7. The van der Waals surface area contributed by atoms with Crippen LogP contribution >= 0.6 is 0 Å². The zero-order valence-electron chi connectivity index (χ0n) is 31.8. The molecule has 1 amide bonds. The summed E-state index contributed by atoms with van der Waals surface area (Å²) in [6, 6.07) is 12.7. The van der Waals surface area contributed by atoms with E-state index in [0.717, 1.165) is 77.6 Å². The largest absolute Gasteiger partial charge is 0.496 e. The third-order valence-electron chi connectivity index (χ3n) is 14.5. The summed E-state index contributed by atoms with van der Waals surface area (Å²) in [4.78, 5) is 53.9. The van der Waals surface area contributed by atoms with Crippen LogP contribution in [0.15, 0.2) is 36.4 Å². The van der Waals surface area contributed by atoms with E-state index >= 15 is 0 Å². The van der Waals surface area contributed by atoms with Gasteiger partial charge in [0, 0.05) is 75.8 Å². The Morgan fingerprint density at radius 2 is 1.74 bits per heavy atom. The van der Waals surface area contributed by atoms with E-state index in [4.69, 9.17) is 14.2 Å². The number of likely N-dealkylation sites (N-methyl/N-ethyl adjacent to an activating group) is 1. The molecule has 280 valence electrons. The van der Waals surface area contributed by atoms with Crippen molar-refractivity contribution in [3.8, 4) is 5.75 Å². The van der Waals surface area contributed by atoms with Gasteiger partial charge in [-0.15, -0.1) is 0 Å². The lowest BCUT2D eigenvalue weighted by Gasteiger charge is -2.57. The third kappa shape index (κ3) is 4.76. The number of hydrogen-bond donors (Lipinski definition) is 2. The number of aromatic nitrogens is 2. The average molecular weight is 721 g/mol. The minimum atomic E-state index is -0.958. The number of H-pyrrole nitrogens is 2. The first kappa shape index (κ1) is 34.5. The zero-order chi connectivity index (χ0) is 36.9. The fraction of sp³-hybridized carbons (Fsp3) is 0.558. The van der Waals surface area contributed by atoms with Crippen molar-refractivity contribution in [1.29, 1.82) is 0 Å². The predicted octanol–water partition coefficient (Wildman–Crippen LogP) is 6.10. The van der Waals surface area contributed by atoms with Gasteiger partial charge in [0.1, 0.15) is 11.2 Å². The second-order valence-electron chi connectivity index (χ2n) is 16.6. The van der Waals surface area contributed by atoms with Crippen molar-refractivity contribution in [3.05, 3.63) is 64.5 Å². The van der Waals surface area contributed by atoms with Crippen molar-refractivity contribution in [3.63, 3.8) is 0 Å². The zero-order valence-corrected chi connectivity index (χ0v) is 31.8. The number of ether oxygens (including phenoxy) is 3. The molecule has 2 aromatic heterocycles. The summed E-state index contributed by atoms with van der Waals surface area (Å²) in [7, 11) is 6.90. The van der Waals surface area contributed by atoms with Crippen LogP contribution in [0.2, 0.25) is 0 Å². The number of benzene rings is 2. The highest BCUT2D eigenvalue weighted by Crippen LogP contribution is 2.57. The monoisotopic (exact) mass is 720 g/mol. The average Bonchev–Trinajstić information content (AvgIpc) is 3.69. The van der Waals surface area contributed by atoms with E-state index in [9.17, 15) is 14.4 Å². The molecule has 2 aromatic carbocycles. The molecule has 2 aliphatic carbocycles. The summed E-state index contributed by atoms with van der Waals surface area (Å²) in [5.74, 6) is 0.644. The van der Waals surface area contributed by atoms with Gasteiger partial charge < -0.3 is 34.0 Å². The molecule has 2 N–H and O–H groups in total. The topological polar surface area (TPSA) is 117 Å². The fourth-order valence-corrected chi connectivity index (χ4v) is 12.2. The molecule has 0 radical (unpaired) electrons. The highest BCUT2D eigenvalue weighted by Gasteiger charge is 2.65. The quantitative estimate of drug-likeness (QED) is 0.232. The van der Waals surface area contributed by atoms with Gasteiger partial charge >= 0.3 is 11.9 Å². The minimum absolute atomic E-state index is 0.0211. The number of para-hydroxylation sites is 1. The van der Waals surface area contributed by atoms with Crippen LogP contribution in [0.5, 0.6) is 5.75 Å². The molecular weight excluding hydrogens is 668 g/mol. The van der Waals surface area contributed by atoms with E-state index in [-0.39, 0.29) is 59.5 Å². The molecule has 0 spiro atoms. The molecule has 1 saturated carbocycles. The Labute approximate surface area is 310 Å². The highest BCUT2D eigenvalue weighted by atomic mass is 16.5. The van der Waals surface area contributed by atoms with E-state index in [1.807, 2.05) is 4.90 Å². The van der Waals surface area contributed by atoms with Crippen molar-refractivity contribution in [2.75, 3.05) is 41.5 Å². The normalized spacial score (nSPS) is 32.1. The van der Waals surface area contributed by atoms with Crippen LogP contribution < -0.4 is 4.74 Å². The lowest BCUT2D eigenvalue weighted by molar-refractivity contribution is -0.172. The van der Waals surface area contributed by atoms with Gasteiger partial charge in [0.15, 0.2) is 0 Å². The van der Waals surface area contributed by atoms with Gasteiger partial charge in [-0.2, -0.15) is 0 Å². The molecule has 6 bridgehead atoms. The number of amides is 1. The number of methoxy groups -OCH3 is 3. The van der Waals surface area contributed by atoms with Crippen LogP contribution in [0.1, 0.15) is 79.9 Å². The van der Waals surface area contributed by atoms with Gasteiger partial charge in [-0.05, 0) is 80.2 Å². The van der Waals surface area contributed by atoms with Gasteiger partial charge in [0.25, 0.3) is 0 Å². The molecule has 4 aliphatic heterocycles. The number of nitrogens with zero attached hydrogens (tertiary/aromatic N) is 2. The van der Waals surface area contributed by atoms with E-state index in [2.05, 4.69) is 72.2 Å². The van der Waals surface area contributed by atoms with Crippen molar-refractivity contribution in [2.24, 2.45) is 29.6 Å². The minimum Gasteiger partial charge on any atom is -0.496 e. The standard InChI is InChI=1S/C43H52N4O6/c1-7-22-15-24-20-43(42(50)53-6)38-26(13-14-47(39(22)43)40(24)48)28-17-29(35(51-4)19-33(28)45-38)30-16-27-23(8-2)21-46(3)34(36(27)41(49)52-5)18-31-25-11-9-10-12-32(25)44-37(30)31/h9-12,17,19,22-24,27,30,34,36,39,44-45H,7-8,13-16,18,20-21H2,1-6H3/t22-,23+,24+,27?,30+,34?,36-,39-,43+/m0/s1. The Kier molecular flexibility index (Phi) is 8.22. The molecule has 4 fully saturated rings. The summed E-state index contributed by atoms with van der Waals surface area (Å²) < 4.78 is 17.5. The number of nitrogens with one attached hydrogen (secondary N) is 2. The molecule has 4 aromatic rings. The maximum Gasteiger partial charge on any atom is 0.319 e. The number of piperidine rings is 3. The Bertz CT molecular complexity index is 2140. The fourth-order valence-electron chi connectivity index (χ4n) is 12.2. The Morgan fingerprint density at radius 1 is 0.943 bits per heavy atom. The number of rotatable bonds is 6. The second kappa shape index (κ2) is 12.6. The lowest BCUT2D eigenvalue weighted by Crippen LogP contribution is -2.69. The molecule has 10 nitrogen and oxygen atoms in total. The Morgan fingerprint density at radius 3 is 2.47 bits per heavy atom. The maximum atomic E-state index is 14.2. The highest BCUT2D eigenvalue weighted by molar-refractivity contribution is 5.96. The Balaban J connectivity index is 1.27. The van der Waals surface area contributed by atoms with Crippen molar-refractivity contribution in [2.45, 2.75) is 82.2 Å². The van der Waals surface area contributed by atoms with Crippen LogP contribution in [0.4, 0.5) is 0 Å². The molecule has 6 aliphatic rings. The number of carbonyl (C=O) groups excluding carboxylic acids is 3. The molecule has 2 unspecified atom stereocenters. The lowest BCUT2D eigenvalue weighted by atomic mass is 9.56. The SMILES string of the molecule is CC[C@@H]1CN(C)C2Cc3c([nH]c4ccccc34)[C@@H](c3cc4c5c([nH]c4cc3OC)[C@]3(C(=O)OC)C[C@H]4C[C@H](CC)[C@@H]3N(CC5)C4=O)CC1[C@@H]2C(=O)OC. The van der Waals surface area contributed by atoms with Gasteiger partial charge in [-0.25, -0.2) is 0 Å². The first-order valence-electron chi connectivity index (χ1n) is 19.7. The maximum absolute atomic E-state index is 14.2. The van der Waals surface area contributed by atoms with Crippen molar-refractivity contribution < 1.29 is 28.6 Å². The second-order valence-corrected chi connectivity index (χ2v) is 16.6. The molecule has 10 rings (SSSR count). The molecule has 9 atom stereocenters. The molecule has 6 heterocycles. The number of likely N-dealkylation sites (tertiary alicyclic amines) is 1. The van der Waals surface area contributed by atoms with Gasteiger partial charge in [0.2, 0.25) is 5.91 Å². The summed E-state index contributed by atoms with van der Waals surface area (Å²) in [6.45, 7) is 5.91. The van der Waals surface area contributed by atoms with Gasteiger partial charge in [0.05, 0.1) is 33.3 Å². The summed E-state index contributed by atoms with van der Waals surface area (Å²) in [6.07, 6.45) is 5.28. The Hall–Kier alpha value is -4.31. The summed E-state index contributed by atoms with van der Waals surface area (Å²) in [5.41, 5.74) is 6.53. The van der Waals surface area contributed by atoms with E-state index in [0.29, 0.717) is 25.3 Å². The molecular formula is C43H52N4O6. The van der Waals surface area contributed by atoms with Gasteiger partial charge in [-0.3, -0.25) is 14.4 Å². The van der Waals surface area contributed by atoms with E-state index in [1.165, 1.54) is 30.9 Å². The number of carbonyl (C=O) groups is 3. The van der Waals surface area contributed by atoms with Crippen LogP contribution in [-0.4, -0.2) is 91.2 Å². The van der Waals surface area contributed by atoms with Crippen LogP contribution in [-0.2, 0) is 42.1 Å². The molecule has 10 heteroatoms. The van der Waals surface area contributed by atoms with Crippen molar-refractivity contribution >= 4 is 39.7 Å². The number of aromatic amines is 2. The van der Waals surface area contributed by atoms with Crippen LogP contribution in [0.25, 0.3) is 21.8 Å². The third-order valence-corrected chi connectivity index (χ3v) is 14.5. The summed E-state index contributed by atoms with van der Waals surface area (Å²) in [5, 5.41) is 2.24. The number of fused-ring (bicyclic) bond motifs is 9. The first-order valence-corrected chi connectivity index (χ1v) is 19.7. The smallest absolute Gasteiger partial charge is 0.319 e. The van der Waals surface area contributed by atoms with Crippen molar-refractivity contribution in [1.82, 2.24) is 19.8 Å². The summed E-state index contributed by atoms with van der Waals surface area (Å²) >= 11 is 0. The van der Waals surface area contributed by atoms with E-state index in [1.54, 1.807) is 7.11 Å². The van der Waals surface area contributed by atoms with Crippen LogP contribution in [0.3, 0.4) is 0 Å². The molecule has 3 saturated heterocycles. The predicted molar refractivity (Wildman–Crippen MR) is 202 cm³/mol.